The molecule has 0 amide bonds. The third-order valence-electron chi connectivity index (χ3n) is 4.37. The smallest absolute Gasteiger partial charge is 0.190 e. The average molecular weight is 395 g/mol. The van der Waals surface area contributed by atoms with Crippen LogP contribution in [-0.4, -0.2) is 59.2 Å². The van der Waals surface area contributed by atoms with Crippen molar-refractivity contribution in [2.45, 2.75) is 44.1 Å². The summed E-state index contributed by atoms with van der Waals surface area (Å²) in [6.07, 6.45) is -6.46. The minimum absolute atomic E-state index is 0.486. The minimum Gasteiger partial charge on any atom is -0.846 e. The van der Waals surface area contributed by atoms with Crippen LogP contribution in [0.25, 0.3) is 0 Å². The largest absolute Gasteiger partial charge is 0.846 e. The van der Waals surface area contributed by atoms with Crippen LogP contribution in [0.15, 0.2) is 35.7 Å². The molecule has 2 heterocycles. The zero-order chi connectivity index (χ0) is 19.4. The van der Waals surface area contributed by atoms with E-state index in [1.165, 1.54) is 11.3 Å². The Hall–Kier alpha value is -1.68. The molecule has 7 nitrogen and oxygen atoms in total. The molecule has 5 atom stereocenters. The fraction of sp³-hybridized carbons (Fsp3) is 0.474. The van der Waals surface area contributed by atoms with Crippen molar-refractivity contribution in [3.8, 4) is 11.5 Å². The fourth-order valence-corrected chi connectivity index (χ4v) is 3.73. The van der Waals surface area contributed by atoms with Crippen molar-refractivity contribution in [3.05, 3.63) is 46.2 Å². The van der Waals surface area contributed by atoms with E-state index in [-0.39, 0.29) is 0 Å². The standard InChI is InChI=1S/C19H23O7S/c1-2-24-12-5-3-11(4-6-12)9-15-13(7-8-27-15)25-19-18(23)17(22)16(21)14(10-20)26-19/h3-8,14,16-22H,2,9-10H2,1H3/q-1. The first-order chi connectivity index (χ1) is 13.0. The number of aliphatic hydroxyl groups is 3. The van der Waals surface area contributed by atoms with Gasteiger partial charge in [-0.3, -0.25) is 0 Å². The van der Waals surface area contributed by atoms with Crippen molar-refractivity contribution in [2.24, 2.45) is 0 Å². The lowest BCUT2D eigenvalue weighted by molar-refractivity contribution is -0.494. The molecular formula is C19H23O7S-. The molecule has 2 aromatic rings. The van der Waals surface area contributed by atoms with E-state index in [0.29, 0.717) is 18.8 Å². The molecule has 0 aliphatic carbocycles. The Kier molecular flexibility index (Phi) is 6.69. The van der Waals surface area contributed by atoms with Crippen LogP contribution in [0, 0.1) is 0 Å². The molecule has 1 aliphatic heterocycles. The molecule has 3 rings (SSSR count). The Morgan fingerprint density at radius 3 is 2.56 bits per heavy atom. The van der Waals surface area contributed by atoms with E-state index in [4.69, 9.17) is 14.2 Å². The van der Waals surface area contributed by atoms with Crippen molar-refractivity contribution < 1.29 is 34.6 Å². The van der Waals surface area contributed by atoms with E-state index < -0.39 is 37.3 Å². The van der Waals surface area contributed by atoms with Crippen molar-refractivity contribution in [1.29, 1.82) is 0 Å². The molecule has 1 fully saturated rings. The van der Waals surface area contributed by atoms with Crippen molar-refractivity contribution in [2.75, 3.05) is 13.2 Å². The Balaban J connectivity index is 1.69. The summed E-state index contributed by atoms with van der Waals surface area (Å²) in [5, 5.41) is 43.0. The van der Waals surface area contributed by atoms with Gasteiger partial charge < -0.3 is 34.6 Å². The molecule has 1 aromatic heterocycles. The quantitative estimate of drug-likeness (QED) is 0.618. The predicted octanol–water partition coefficient (Wildman–Crippen LogP) is 0.284. The lowest BCUT2D eigenvalue weighted by Gasteiger charge is -2.45. The number of benzene rings is 1. The van der Waals surface area contributed by atoms with Gasteiger partial charge in [-0.05, 0) is 42.2 Å². The molecule has 5 unspecified atom stereocenters. The molecule has 27 heavy (non-hydrogen) atoms. The van der Waals surface area contributed by atoms with Gasteiger partial charge in [-0.1, -0.05) is 12.1 Å². The van der Waals surface area contributed by atoms with Gasteiger partial charge >= 0.3 is 0 Å². The maximum atomic E-state index is 12.2. The molecule has 0 spiro atoms. The minimum atomic E-state index is -1.68. The molecule has 1 aromatic carbocycles. The molecule has 1 saturated heterocycles. The zero-order valence-corrected chi connectivity index (χ0v) is 15.7. The summed E-state index contributed by atoms with van der Waals surface area (Å²) in [5.74, 6) is 1.29. The maximum Gasteiger partial charge on any atom is 0.190 e. The fourth-order valence-electron chi connectivity index (χ4n) is 2.89. The third kappa shape index (κ3) is 4.60. The summed E-state index contributed by atoms with van der Waals surface area (Å²) in [6.45, 7) is 2.01. The summed E-state index contributed by atoms with van der Waals surface area (Å²) in [6, 6.07) is 9.45. The Morgan fingerprint density at radius 1 is 1.15 bits per heavy atom. The number of thiophene rings is 1. The second kappa shape index (κ2) is 9.01. The van der Waals surface area contributed by atoms with Crippen LogP contribution in [0.1, 0.15) is 17.4 Å². The monoisotopic (exact) mass is 395 g/mol. The number of aliphatic hydroxyl groups excluding tert-OH is 3. The molecular weight excluding hydrogens is 372 g/mol. The molecule has 3 N–H and O–H groups in total. The number of hydrogen-bond donors (Lipinski definition) is 3. The summed E-state index contributed by atoms with van der Waals surface area (Å²) in [7, 11) is 0. The summed E-state index contributed by atoms with van der Waals surface area (Å²) in [5.41, 5.74) is 1.05. The first kappa shape index (κ1) is 20.1. The van der Waals surface area contributed by atoms with E-state index in [2.05, 4.69) is 0 Å². The van der Waals surface area contributed by atoms with E-state index in [9.17, 15) is 20.4 Å². The van der Waals surface area contributed by atoms with Gasteiger partial charge in [0, 0.05) is 6.42 Å². The van der Waals surface area contributed by atoms with E-state index >= 15 is 0 Å². The number of ether oxygens (including phenoxy) is 3. The Labute approximate surface area is 161 Å². The highest BCUT2D eigenvalue weighted by Crippen LogP contribution is 2.31. The first-order valence-corrected chi connectivity index (χ1v) is 9.64. The second-order valence-corrected chi connectivity index (χ2v) is 7.25. The highest BCUT2D eigenvalue weighted by Gasteiger charge is 2.40. The highest BCUT2D eigenvalue weighted by atomic mass is 32.1. The van der Waals surface area contributed by atoms with Crippen LogP contribution in [0.2, 0.25) is 0 Å². The van der Waals surface area contributed by atoms with Gasteiger partial charge in [0.25, 0.3) is 0 Å². The summed E-state index contributed by atoms with van der Waals surface area (Å²) < 4.78 is 16.5. The van der Waals surface area contributed by atoms with Crippen LogP contribution in [-0.2, 0) is 11.2 Å². The first-order valence-electron chi connectivity index (χ1n) is 8.76. The van der Waals surface area contributed by atoms with Crippen molar-refractivity contribution in [3.63, 3.8) is 0 Å². The highest BCUT2D eigenvalue weighted by molar-refractivity contribution is 7.10. The lowest BCUT2D eigenvalue weighted by atomic mass is 9.99. The van der Waals surface area contributed by atoms with Gasteiger partial charge in [0.2, 0.25) is 0 Å². The van der Waals surface area contributed by atoms with Crippen molar-refractivity contribution in [1.82, 2.24) is 0 Å². The predicted molar refractivity (Wildman–Crippen MR) is 96.9 cm³/mol. The van der Waals surface area contributed by atoms with Gasteiger partial charge in [-0.2, -0.15) is 0 Å². The molecule has 8 heteroatoms. The SMILES string of the molecule is CCOc1ccc(Cc2sccc2OC2OC(CO)C(O)C(O)C2[O-])cc1. The van der Waals surface area contributed by atoms with Gasteiger partial charge in [0.15, 0.2) is 6.29 Å². The van der Waals surface area contributed by atoms with Gasteiger partial charge in [0.1, 0.15) is 23.7 Å². The summed E-state index contributed by atoms with van der Waals surface area (Å²) >= 11 is 1.48. The molecule has 0 saturated carbocycles. The van der Waals surface area contributed by atoms with Gasteiger partial charge in [-0.15, -0.1) is 11.3 Å². The maximum absolute atomic E-state index is 12.2. The molecule has 1 aliphatic rings. The Bertz CT molecular complexity index is 715. The number of rotatable bonds is 7. The van der Waals surface area contributed by atoms with Crippen LogP contribution in [0.3, 0.4) is 0 Å². The van der Waals surface area contributed by atoms with Crippen LogP contribution >= 0.6 is 11.3 Å². The van der Waals surface area contributed by atoms with Crippen LogP contribution in [0.4, 0.5) is 0 Å². The van der Waals surface area contributed by atoms with Crippen LogP contribution < -0.4 is 14.6 Å². The third-order valence-corrected chi connectivity index (χ3v) is 5.27. The lowest BCUT2D eigenvalue weighted by Crippen LogP contribution is -2.64. The molecule has 0 radical (unpaired) electrons. The van der Waals surface area contributed by atoms with Gasteiger partial charge in [-0.25, -0.2) is 0 Å². The second-order valence-electron chi connectivity index (χ2n) is 6.25. The molecule has 148 valence electrons. The Morgan fingerprint density at radius 2 is 1.89 bits per heavy atom. The zero-order valence-electron chi connectivity index (χ0n) is 14.9. The van der Waals surface area contributed by atoms with E-state index in [0.717, 1.165) is 16.2 Å². The van der Waals surface area contributed by atoms with Crippen molar-refractivity contribution >= 4 is 11.3 Å². The molecule has 0 bridgehead atoms. The average Bonchev–Trinajstić information content (AvgIpc) is 3.10. The topological polar surface area (TPSA) is 111 Å². The van der Waals surface area contributed by atoms with E-state index in [1.807, 2.05) is 36.6 Å². The number of hydrogen-bond acceptors (Lipinski definition) is 8. The van der Waals surface area contributed by atoms with E-state index in [1.54, 1.807) is 6.07 Å². The summed E-state index contributed by atoms with van der Waals surface area (Å²) in [4.78, 5) is 0.899. The van der Waals surface area contributed by atoms with Crippen LogP contribution in [0.5, 0.6) is 11.5 Å². The van der Waals surface area contributed by atoms with Gasteiger partial charge in [0.05, 0.1) is 24.2 Å². The normalized spacial score (nSPS) is 28.1.